The average molecular weight is 579 g/mol. The monoisotopic (exact) mass is 578 g/mol. The van der Waals surface area contributed by atoms with Crippen molar-refractivity contribution in [1.82, 2.24) is 34.4 Å². The molecule has 0 spiro atoms. The summed E-state index contributed by atoms with van der Waals surface area (Å²) < 4.78 is 19.2. The number of carbonyl (C=O) groups excluding carboxylic acids is 2. The maximum atomic E-state index is 15.6. The number of likely N-dealkylation sites (tertiary alicyclic amines) is 1. The lowest BCUT2D eigenvalue weighted by Crippen LogP contribution is -2.40. The van der Waals surface area contributed by atoms with Crippen LogP contribution in [-0.4, -0.2) is 66.7 Å². The highest BCUT2D eigenvalue weighted by atomic mass is 19.1. The van der Waals surface area contributed by atoms with Gasteiger partial charge in [-0.15, -0.1) is 0 Å². The normalized spacial score (nSPS) is 15.4. The van der Waals surface area contributed by atoms with E-state index in [4.69, 9.17) is 15.5 Å². The summed E-state index contributed by atoms with van der Waals surface area (Å²) in [6.07, 6.45) is 6.94. The van der Waals surface area contributed by atoms with Crippen molar-refractivity contribution in [3.05, 3.63) is 71.4 Å². The summed E-state index contributed by atoms with van der Waals surface area (Å²) in [6.45, 7) is 3.44. The Hall–Kier alpha value is -4.93. The van der Waals surface area contributed by atoms with Gasteiger partial charge in [0.1, 0.15) is 28.4 Å². The van der Waals surface area contributed by atoms with Gasteiger partial charge in [-0.1, -0.05) is 0 Å². The minimum atomic E-state index is -0.507. The molecule has 1 aliphatic heterocycles. The zero-order valence-electron chi connectivity index (χ0n) is 24.0. The van der Waals surface area contributed by atoms with Gasteiger partial charge in [0.15, 0.2) is 0 Å². The van der Waals surface area contributed by atoms with Crippen molar-refractivity contribution in [2.24, 2.45) is 5.92 Å². The van der Waals surface area contributed by atoms with E-state index in [2.05, 4.69) is 14.9 Å². The van der Waals surface area contributed by atoms with Crippen molar-refractivity contribution in [2.75, 3.05) is 20.1 Å². The van der Waals surface area contributed by atoms with E-state index in [1.54, 1.807) is 30.4 Å². The molecule has 6 heterocycles. The number of hydrogen-bond donors (Lipinski definition) is 2. The Morgan fingerprint density at radius 2 is 2.00 bits per heavy atom. The fraction of sp³-hybridized carbons (Fsp3) is 0.312. The fourth-order valence-corrected chi connectivity index (χ4v) is 5.90. The first-order valence-electron chi connectivity index (χ1n) is 14.5. The molecule has 0 unspecified atom stereocenters. The lowest BCUT2D eigenvalue weighted by atomic mass is 10.1. The molecule has 1 aliphatic carbocycles. The number of aromatic nitrogens is 5. The Kier molecular flexibility index (Phi) is 6.52. The number of nitrogens with one attached hydrogen (secondary N) is 2. The number of carbonyl (C=O) groups is 2. The topological polar surface area (TPSA) is 121 Å². The maximum Gasteiger partial charge on any atom is 0.269 e. The van der Waals surface area contributed by atoms with Gasteiger partial charge in [0, 0.05) is 54.8 Å². The molecule has 7 rings (SSSR count). The van der Waals surface area contributed by atoms with Crippen molar-refractivity contribution in [2.45, 2.75) is 39.2 Å². The van der Waals surface area contributed by atoms with Crippen molar-refractivity contribution in [1.29, 1.82) is 5.41 Å². The van der Waals surface area contributed by atoms with Gasteiger partial charge in [-0.2, -0.15) is 5.10 Å². The zero-order chi connectivity index (χ0) is 29.8. The van der Waals surface area contributed by atoms with E-state index in [0.717, 1.165) is 53.8 Å². The van der Waals surface area contributed by atoms with Gasteiger partial charge in [-0.25, -0.2) is 13.9 Å². The van der Waals surface area contributed by atoms with Gasteiger partial charge in [-0.05, 0) is 74.9 Å². The molecule has 43 heavy (non-hydrogen) atoms. The number of aryl methyl sites for hydroxylation is 1. The molecular weight excluding hydrogens is 547 g/mol. The summed E-state index contributed by atoms with van der Waals surface area (Å²) in [5.41, 5.74) is 5.89. The van der Waals surface area contributed by atoms with Gasteiger partial charge in [0.25, 0.3) is 11.8 Å². The number of rotatable bonds is 6. The Balaban J connectivity index is 1.30. The van der Waals surface area contributed by atoms with Crippen LogP contribution < -0.4 is 5.32 Å². The number of halogens is 1. The van der Waals surface area contributed by atoms with E-state index in [9.17, 15) is 9.59 Å². The van der Waals surface area contributed by atoms with Crippen LogP contribution in [0.5, 0.6) is 0 Å². The van der Waals surface area contributed by atoms with Crippen LogP contribution in [-0.2, 0) is 6.54 Å². The molecule has 0 radical (unpaired) electrons. The van der Waals surface area contributed by atoms with Crippen LogP contribution >= 0.6 is 0 Å². The van der Waals surface area contributed by atoms with E-state index < -0.39 is 5.82 Å². The fourth-order valence-electron chi connectivity index (χ4n) is 5.90. The minimum absolute atomic E-state index is 0.217. The lowest BCUT2D eigenvalue weighted by Gasteiger charge is -2.27. The van der Waals surface area contributed by atoms with Gasteiger partial charge in [0.05, 0.1) is 23.5 Å². The second-order valence-electron chi connectivity index (χ2n) is 11.5. The van der Waals surface area contributed by atoms with E-state index >= 15 is 4.39 Å². The first-order valence-corrected chi connectivity index (χ1v) is 14.5. The molecule has 11 heteroatoms. The number of fused-ring (bicyclic) bond motifs is 2. The molecule has 2 fully saturated rings. The molecule has 218 valence electrons. The number of pyridine rings is 3. The third kappa shape index (κ3) is 4.84. The van der Waals surface area contributed by atoms with Crippen LogP contribution in [0.1, 0.15) is 52.1 Å². The maximum absolute atomic E-state index is 15.6. The molecule has 0 atom stereocenters. The van der Waals surface area contributed by atoms with Crippen LogP contribution in [0.15, 0.2) is 48.8 Å². The summed E-state index contributed by atoms with van der Waals surface area (Å²) in [5, 5.41) is 16.3. The lowest BCUT2D eigenvalue weighted by molar-refractivity contribution is 0.0767. The van der Waals surface area contributed by atoms with Crippen LogP contribution in [0, 0.1) is 24.1 Å². The standard InChI is InChI=1S/C32H31FN8O2/c1-18-28(38-41-16-22(12-24(33)29(18)41)32(43)39-11-3-4-23(34)17-39)27-13-20-7-9-25(37-30(20)40(27)15-19-5-6-19)21-8-10-26(36-14-21)31(42)35-2/h7-10,12-14,16,19,34H,3-6,11,15,17H2,1-2H3,(H,35,42). The van der Waals surface area contributed by atoms with Gasteiger partial charge in [-0.3, -0.25) is 14.6 Å². The number of piperidine rings is 1. The second kappa shape index (κ2) is 10.4. The van der Waals surface area contributed by atoms with Gasteiger partial charge < -0.3 is 20.2 Å². The van der Waals surface area contributed by atoms with Crippen molar-refractivity contribution >= 4 is 34.1 Å². The van der Waals surface area contributed by atoms with E-state index in [-0.39, 0.29) is 23.9 Å². The molecule has 0 bridgehead atoms. The molecule has 5 aromatic heterocycles. The summed E-state index contributed by atoms with van der Waals surface area (Å²) in [7, 11) is 1.57. The van der Waals surface area contributed by atoms with Crippen LogP contribution in [0.4, 0.5) is 4.39 Å². The smallest absolute Gasteiger partial charge is 0.269 e. The molecule has 2 amide bonds. The Morgan fingerprint density at radius 3 is 2.72 bits per heavy atom. The van der Waals surface area contributed by atoms with Crippen molar-refractivity contribution in [3.63, 3.8) is 0 Å². The molecule has 0 aromatic carbocycles. The molecule has 2 N–H and O–H groups in total. The number of nitrogens with zero attached hydrogens (tertiary/aromatic N) is 6. The highest BCUT2D eigenvalue weighted by molar-refractivity contribution is 5.98. The predicted octanol–water partition coefficient (Wildman–Crippen LogP) is 4.89. The van der Waals surface area contributed by atoms with Crippen molar-refractivity contribution in [3.8, 4) is 22.6 Å². The molecule has 5 aromatic rings. The molecule has 2 aliphatic rings. The molecule has 1 saturated carbocycles. The largest absolute Gasteiger partial charge is 0.354 e. The second-order valence-corrected chi connectivity index (χ2v) is 11.5. The van der Waals surface area contributed by atoms with Gasteiger partial charge in [0.2, 0.25) is 0 Å². The molecule has 1 saturated heterocycles. The Labute approximate surface area is 247 Å². The third-order valence-corrected chi connectivity index (χ3v) is 8.38. The summed E-state index contributed by atoms with van der Waals surface area (Å²) in [4.78, 5) is 36.0. The first-order chi connectivity index (χ1) is 20.8. The van der Waals surface area contributed by atoms with E-state index in [1.165, 1.54) is 10.6 Å². The predicted molar refractivity (Wildman–Crippen MR) is 161 cm³/mol. The van der Waals surface area contributed by atoms with Crippen molar-refractivity contribution < 1.29 is 14.0 Å². The Morgan fingerprint density at radius 1 is 1.16 bits per heavy atom. The average Bonchev–Trinajstić information content (AvgIpc) is 3.69. The third-order valence-electron chi connectivity index (χ3n) is 8.38. The highest BCUT2D eigenvalue weighted by Crippen LogP contribution is 2.37. The zero-order valence-corrected chi connectivity index (χ0v) is 24.0. The van der Waals surface area contributed by atoms with Crippen LogP contribution in [0.25, 0.3) is 39.2 Å². The minimum Gasteiger partial charge on any atom is -0.354 e. The summed E-state index contributed by atoms with van der Waals surface area (Å²) in [5.74, 6) is -0.514. The summed E-state index contributed by atoms with van der Waals surface area (Å²) in [6, 6.07) is 10.8. The quantitative estimate of drug-likeness (QED) is 0.297. The number of amides is 2. The molecule has 10 nitrogen and oxygen atoms in total. The Bertz CT molecular complexity index is 1940. The number of hydrogen-bond acceptors (Lipinski definition) is 6. The SMILES string of the molecule is CNC(=O)c1ccc(-c2ccc3cc(-c4nn5cc(C(=O)N6CCCC(=N)C6)cc(F)c5c4C)n(CC4CC4)c3n2)cn1. The highest BCUT2D eigenvalue weighted by Gasteiger charge is 2.28. The van der Waals surface area contributed by atoms with E-state index in [0.29, 0.717) is 47.1 Å². The van der Waals surface area contributed by atoms with Crippen LogP contribution in [0.2, 0.25) is 0 Å². The summed E-state index contributed by atoms with van der Waals surface area (Å²) >= 11 is 0. The molecular formula is C32H31FN8O2. The first kappa shape index (κ1) is 26.9. The van der Waals surface area contributed by atoms with Crippen LogP contribution in [0.3, 0.4) is 0 Å². The van der Waals surface area contributed by atoms with E-state index in [1.807, 2.05) is 31.2 Å². The van der Waals surface area contributed by atoms with Gasteiger partial charge >= 0.3 is 0 Å².